The van der Waals surface area contributed by atoms with Gasteiger partial charge < -0.3 is 4.42 Å². The minimum absolute atomic E-state index is 0.272. The van der Waals surface area contributed by atoms with E-state index in [9.17, 15) is 0 Å². The molecule has 102 valence electrons. The van der Waals surface area contributed by atoms with Crippen molar-refractivity contribution in [1.82, 2.24) is 15.0 Å². The van der Waals surface area contributed by atoms with E-state index in [2.05, 4.69) is 15.0 Å². The minimum atomic E-state index is 0.272. The van der Waals surface area contributed by atoms with Gasteiger partial charge in [-0.25, -0.2) is 9.97 Å². The summed E-state index contributed by atoms with van der Waals surface area (Å²) in [6.07, 6.45) is 0. The van der Waals surface area contributed by atoms with Gasteiger partial charge in [0.1, 0.15) is 0 Å². The second kappa shape index (κ2) is 4.95. The molecule has 4 rings (SSSR count). The lowest BCUT2D eigenvalue weighted by molar-refractivity contribution is 0.620. The lowest BCUT2D eigenvalue weighted by atomic mass is 10.2. The van der Waals surface area contributed by atoms with E-state index in [4.69, 9.17) is 16.0 Å². The quantitative estimate of drug-likeness (QED) is 0.505. The highest BCUT2D eigenvalue weighted by molar-refractivity contribution is 7.13. The summed E-state index contributed by atoms with van der Waals surface area (Å²) in [5.41, 5.74) is 1.78. The van der Waals surface area contributed by atoms with E-state index in [-0.39, 0.29) is 5.15 Å². The van der Waals surface area contributed by atoms with Crippen molar-refractivity contribution >= 4 is 34.2 Å². The zero-order valence-electron chi connectivity index (χ0n) is 10.7. The van der Waals surface area contributed by atoms with Crippen LogP contribution in [-0.4, -0.2) is 15.0 Å². The molecule has 0 aliphatic carbocycles. The van der Waals surface area contributed by atoms with E-state index in [1.165, 1.54) is 0 Å². The Morgan fingerprint density at radius 2 is 1.81 bits per heavy atom. The zero-order valence-corrected chi connectivity index (χ0v) is 12.2. The first-order valence-electron chi connectivity index (χ1n) is 6.24. The molecule has 3 heterocycles. The Morgan fingerprint density at radius 3 is 2.57 bits per heavy atom. The maximum Gasteiger partial charge on any atom is 0.239 e. The molecule has 0 N–H and O–H groups in total. The number of halogens is 1. The van der Waals surface area contributed by atoms with Crippen LogP contribution in [0.1, 0.15) is 0 Å². The molecule has 4 aromatic rings. The van der Waals surface area contributed by atoms with Crippen molar-refractivity contribution in [1.29, 1.82) is 0 Å². The van der Waals surface area contributed by atoms with E-state index in [0.717, 1.165) is 10.4 Å². The van der Waals surface area contributed by atoms with Gasteiger partial charge in [0.15, 0.2) is 11.0 Å². The van der Waals surface area contributed by atoms with E-state index >= 15 is 0 Å². The number of benzene rings is 1. The Bertz CT molecular complexity index is 903. The molecule has 0 radical (unpaired) electrons. The van der Waals surface area contributed by atoms with Crippen LogP contribution in [0.25, 0.3) is 33.4 Å². The number of hydrogen-bond acceptors (Lipinski definition) is 5. The molecular formula is C15H8ClN3OS. The van der Waals surface area contributed by atoms with Crippen LogP contribution >= 0.6 is 22.9 Å². The molecule has 4 nitrogen and oxygen atoms in total. The first-order chi connectivity index (χ1) is 10.3. The Kier molecular flexibility index (Phi) is 2.94. The summed E-state index contributed by atoms with van der Waals surface area (Å²) in [6, 6.07) is 13.5. The molecule has 0 fully saturated rings. The smallest absolute Gasteiger partial charge is 0.239 e. The third-order valence-corrected chi connectivity index (χ3v) is 4.09. The summed E-state index contributed by atoms with van der Waals surface area (Å²) >= 11 is 7.76. The molecule has 0 atom stereocenters. The molecule has 6 heteroatoms. The van der Waals surface area contributed by atoms with Crippen LogP contribution in [0.3, 0.4) is 0 Å². The molecule has 0 saturated heterocycles. The predicted octanol–water partition coefficient (Wildman–Crippen LogP) is 4.67. The number of aromatic nitrogens is 3. The summed E-state index contributed by atoms with van der Waals surface area (Å²) in [5, 5.41) is 2.24. The van der Waals surface area contributed by atoms with Gasteiger partial charge in [0.25, 0.3) is 0 Å². The van der Waals surface area contributed by atoms with Crippen molar-refractivity contribution in [3.05, 3.63) is 53.0 Å². The van der Waals surface area contributed by atoms with Crippen LogP contribution < -0.4 is 0 Å². The molecule has 1 aromatic carbocycles. The third-order valence-electron chi connectivity index (χ3n) is 2.98. The topological polar surface area (TPSA) is 51.8 Å². The van der Waals surface area contributed by atoms with Gasteiger partial charge >= 0.3 is 0 Å². The van der Waals surface area contributed by atoms with Crippen LogP contribution in [0, 0.1) is 0 Å². The normalized spacial score (nSPS) is 11.1. The maximum atomic E-state index is 6.21. The predicted molar refractivity (Wildman–Crippen MR) is 83.4 cm³/mol. The van der Waals surface area contributed by atoms with E-state index < -0.39 is 0 Å². The number of rotatable bonds is 2. The Morgan fingerprint density at radius 1 is 0.952 bits per heavy atom. The fourth-order valence-electron chi connectivity index (χ4n) is 2.01. The lowest BCUT2D eigenvalue weighted by Gasteiger charge is -1.99. The highest BCUT2D eigenvalue weighted by Gasteiger charge is 2.16. The van der Waals surface area contributed by atoms with Crippen LogP contribution in [0.4, 0.5) is 0 Å². The summed E-state index contributed by atoms with van der Waals surface area (Å²) in [5.74, 6) is 1.06. The van der Waals surface area contributed by atoms with Gasteiger partial charge in [0.05, 0.1) is 4.88 Å². The van der Waals surface area contributed by atoms with Gasteiger partial charge in [-0.05, 0) is 11.4 Å². The molecular weight excluding hydrogens is 306 g/mol. The summed E-state index contributed by atoms with van der Waals surface area (Å²) in [7, 11) is 0. The number of fused-ring (bicyclic) bond motifs is 1. The summed E-state index contributed by atoms with van der Waals surface area (Å²) < 4.78 is 5.68. The van der Waals surface area contributed by atoms with E-state index in [0.29, 0.717) is 22.9 Å². The Balaban J connectivity index is 1.90. The summed E-state index contributed by atoms with van der Waals surface area (Å²) in [4.78, 5) is 14.1. The number of hydrogen-bond donors (Lipinski definition) is 0. The van der Waals surface area contributed by atoms with Crippen molar-refractivity contribution in [2.45, 2.75) is 0 Å². The van der Waals surface area contributed by atoms with Crippen molar-refractivity contribution in [3.63, 3.8) is 0 Å². The molecule has 0 spiro atoms. The van der Waals surface area contributed by atoms with E-state index in [1.54, 1.807) is 11.3 Å². The number of thiophene rings is 1. The molecule has 0 bridgehead atoms. The van der Waals surface area contributed by atoms with Crippen LogP contribution in [0.5, 0.6) is 0 Å². The minimum Gasteiger partial charge on any atom is -0.430 e. The molecule has 0 amide bonds. The first kappa shape index (κ1) is 12.5. The summed E-state index contributed by atoms with van der Waals surface area (Å²) in [6.45, 7) is 0. The van der Waals surface area contributed by atoms with Crippen molar-refractivity contribution in [2.24, 2.45) is 0 Å². The molecule has 0 aliphatic rings. The van der Waals surface area contributed by atoms with Gasteiger partial charge in [0, 0.05) is 5.56 Å². The SMILES string of the molecule is Clc1nc(-c2ccccc2)nc2nc(-c3cccs3)oc12. The third kappa shape index (κ3) is 2.20. The average Bonchev–Trinajstić information content (AvgIpc) is 3.17. The van der Waals surface area contributed by atoms with Crippen molar-refractivity contribution in [3.8, 4) is 22.2 Å². The van der Waals surface area contributed by atoms with Gasteiger partial charge in [-0.15, -0.1) is 11.3 Å². The van der Waals surface area contributed by atoms with Crippen molar-refractivity contribution < 1.29 is 4.42 Å². The fourth-order valence-corrected chi connectivity index (χ4v) is 2.87. The zero-order chi connectivity index (χ0) is 14.2. The van der Waals surface area contributed by atoms with E-state index in [1.807, 2.05) is 47.8 Å². The van der Waals surface area contributed by atoms with Gasteiger partial charge in [-0.2, -0.15) is 4.98 Å². The highest BCUT2D eigenvalue weighted by Crippen LogP contribution is 2.31. The molecule has 0 saturated carbocycles. The fraction of sp³-hybridized carbons (Fsp3) is 0. The monoisotopic (exact) mass is 313 g/mol. The van der Waals surface area contributed by atoms with Gasteiger partial charge in [-0.1, -0.05) is 48.0 Å². The number of oxazole rings is 1. The Labute approximate surface area is 129 Å². The average molecular weight is 314 g/mol. The molecule has 0 aliphatic heterocycles. The second-order valence-electron chi connectivity index (χ2n) is 4.35. The van der Waals surface area contributed by atoms with Crippen molar-refractivity contribution in [2.75, 3.05) is 0 Å². The number of nitrogens with zero attached hydrogens (tertiary/aromatic N) is 3. The second-order valence-corrected chi connectivity index (χ2v) is 5.66. The maximum absolute atomic E-state index is 6.21. The Hall–Kier alpha value is -2.24. The lowest BCUT2D eigenvalue weighted by Crippen LogP contribution is -1.90. The molecule has 0 unspecified atom stereocenters. The van der Waals surface area contributed by atoms with Crippen LogP contribution in [0.15, 0.2) is 52.3 Å². The van der Waals surface area contributed by atoms with Gasteiger partial charge in [-0.3, -0.25) is 0 Å². The molecule has 21 heavy (non-hydrogen) atoms. The molecule has 3 aromatic heterocycles. The van der Waals surface area contributed by atoms with Crippen LogP contribution in [0.2, 0.25) is 5.15 Å². The van der Waals surface area contributed by atoms with Gasteiger partial charge in [0.2, 0.25) is 17.1 Å². The first-order valence-corrected chi connectivity index (χ1v) is 7.50. The standard InChI is InChI=1S/C15H8ClN3OS/c16-12-11-14(19-15(20-11)10-7-4-8-21-10)18-13(17-12)9-5-2-1-3-6-9/h1-8H. The highest BCUT2D eigenvalue weighted by atomic mass is 35.5. The largest absolute Gasteiger partial charge is 0.430 e. The van der Waals surface area contributed by atoms with Crippen LogP contribution in [-0.2, 0) is 0 Å².